The zero-order chi connectivity index (χ0) is 23.3. The van der Waals surface area contributed by atoms with E-state index in [9.17, 15) is 19.5 Å². The average molecular weight is 449 g/mol. The first-order chi connectivity index (χ1) is 15.9. The normalized spacial score (nSPS) is 23.5. The van der Waals surface area contributed by atoms with Gasteiger partial charge in [-0.3, -0.25) is 9.59 Å². The first kappa shape index (κ1) is 21.5. The number of alkyl carbamates (subject to hydrolysis) is 1. The van der Waals surface area contributed by atoms with Crippen LogP contribution in [0.2, 0.25) is 0 Å². The Morgan fingerprint density at radius 3 is 2.21 bits per heavy atom. The molecule has 2 amide bonds. The SMILES string of the molecule is CC(C)C(NC(=O)OCC1c2ccccc2-c2ccccc21)C(=O)N1CC2CC1C2C(=O)O. The predicted octanol–water partition coefficient (Wildman–Crippen LogP) is 3.48. The second-order valence-corrected chi connectivity index (χ2v) is 9.61. The summed E-state index contributed by atoms with van der Waals surface area (Å²) in [5.41, 5.74) is 4.55. The molecular weight excluding hydrogens is 420 g/mol. The lowest BCUT2D eigenvalue weighted by atomic mass is 9.74. The molecule has 2 saturated heterocycles. The zero-order valence-corrected chi connectivity index (χ0v) is 18.7. The summed E-state index contributed by atoms with van der Waals surface area (Å²) in [6, 6.07) is 15.2. The fourth-order valence-electron chi connectivity index (χ4n) is 5.70. The van der Waals surface area contributed by atoms with Crippen molar-refractivity contribution in [2.24, 2.45) is 17.8 Å². The molecule has 3 fully saturated rings. The lowest BCUT2D eigenvalue weighted by molar-refractivity contribution is -0.148. The van der Waals surface area contributed by atoms with Gasteiger partial charge in [-0.15, -0.1) is 0 Å². The van der Waals surface area contributed by atoms with Crippen molar-refractivity contribution in [3.63, 3.8) is 0 Å². The lowest BCUT2D eigenvalue weighted by Gasteiger charge is -2.34. The van der Waals surface area contributed by atoms with E-state index >= 15 is 0 Å². The van der Waals surface area contributed by atoms with Crippen LogP contribution in [0.1, 0.15) is 37.3 Å². The summed E-state index contributed by atoms with van der Waals surface area (Å²) < 4.78 is 5.61. The van der Waals surface area contributed by atoms with Crippen LogP contribution in [0.25, 0.3) is 11.1 Å². The summed E-state index contributed by atoms with van der Waals surface area (Å²) in [6.07, 6.45) is 0.0867. The highest BCUT2D eigenvalue weighted by molar-refractivity contribution is 5.88. The van der Waals surface area contributed by atoms with E-state index < -0.39 is 24.0 Å². The monoisotopic (exact) mass is 448 g/mol. The number of fused-ring (bicyclic) bond motifs is 4. The van der Waals surface area contributed by atoms with Gasteiger partial charge in [-0.2, -0.15) is 0 Å². The molecule has 2 bridgehead atoms. The fraction of sp³-hybridized carbons (Fsp3) is 0.423. The summed E-state index contributed by atoms with van der Waals surface area (Å²) in [7, 11) is 0. The van der Waals surface area contributed by atoms with Crippen LogP contribution in [0.15, 0.2) is 48.5 Å². The molecule has 2 N–H and O–H groups in total. The maximum absolute atomic E-state index is 13.2. The van der Waals surface area contributed by atoms with Crippen molar-refractivity contribution in [3.05, 3.63) is 59.7 Å². The first-order valence-electron chi connectivity index (χ1n) is 11.5. The Hall–Kier alpha value is -3.35. The highest BCUT2D eigenvalue weighted by atomic mass is 16.5. The van der Waals surface area contributed by atoms with E-state index in [1.54, 1.807) is 4.90 Å². The third kappa shape index (κ3) is 3.56. The molecule has 172 valence electrons. The maximum atomic E-state index is 13.2. The number of ether oxygens (including phenoxy) is 1. The third-order valence-electron chi connectivity index (χ3n) is 7.42. The second kappa shape index (κ2) is 8.21. The number of nitrogens with zero attached hydrogens (tertiary/aromatic N) is 1. The highest BCUT2D eigenvalue weighted by Gasteiger charge is 2.57. The van der Waals surface area contributed by atoms with Gasteiger partial charge >= 0.3 is 12.1 Å². The summed E-state index contributed by atoms with van der Waals surface area (Å²) in [6.45, 7) is 4.34. The topological polar surface area (TPSA) is 95.9 Å². The Bertz CT molecular complexity index is 1070. The van der Waals surface area contributed by atoms with Crippen LogP contribution in [0.5, 0.6) is 0 Å². The fourth-order valence-corrected chi connectivity index (χ4v) is 5.70. The van der Waals surface area contributed by atoms with Crippen molar-refractivity contribution in [2.75, 3.05) is 13.2 Å². The second-order valence-electron chi connectivity index (χ2n) is 9.61. The van der Waals surface area contributed by atoms with Crippen molar-refractivity contribution >= 4 is 18.0 Å². The van der Waals surface area contributed by atoms with E-state index in [1.807, 2.05) is 38.1 Å². The van der Waals surface area contributed by atoms with E-state index in [0.717, 1.165) is 28.7 Å². The highest BCUT2D eigenvalue weighted by Crippen LogP contribution is 2.47. The van der Waals surface area contributed by atoms with E-state index in [-0.39, 0.29) is 36.3 Å². The van der Waals surface area contributed by atoms with Gasteiger partial charge in [0.2, 0.25) is 5.91 Å². The van der Waals surface area contributed by atoms with E-state index in [4.69, 9.17) is 4.74 Å². The number of amides is 2. The molecule has 4 atom stereocenters. The van der Waals surface area contributed by atoms with Crippen molar-refractivity contribution in [1.82, 2.24) is 10.2 Å². The molecule has 0 radical (unpaired) electrons. The number of hydrogen-bond donors (Lipinski definition) is 2. The van der Waals surface area contributed by atoms with Crippen molar-refractivity contribution in [2.45, 2.75) is 38.3 Å². The summed E-state index contributed by atoms with van der Waals surface area (Å²) >= 11 is 0. The standard InChI is InChI=1S/C26H28N2O5/c1-14(2)23(24(29)28-12-15-11-21(28)22(15)25(30)31)27-26(32)33-13-20-18-9-5-3-7-16(18)17-8-4-6-10-19(17)20/h3-10,14-15,20-23H,11-13H2,1-2H3,(H,27,32)(H,30,31). The zero-order valence-electron chi connectivity index (χ0n) is 18.7. The molecule has 6 rings (SSSR count). The molecule has 2 heterocycles. The largest absolute Gasteiger partial charge is 0.481 e. The minimum absolute atomic E-state index is 0.0127. The predicted molar refractivity (Wildman–Crippen MR) is 122 cm³/mol. The Kier molecular flexibility index (Phi) is 5.35. The Balaban J connectivity index is 1.25. The quantitative estimate of drug-likeness (QED) is 0.705. The lowest BCUT2D eigenvalue weighted by Crippen LogP contribution is -2.53. The van der Waals surface area contributed by atoms with Gasteiger partial charge in [0.05, 0.1) is 5.92 Å². The van der Waals surface area contributed by atoms with Gasteiger partial charge in [0.15, 0.2) is 0 Å². The summed E-state index contributed by atoms with van der Waals surface area (Å²) in [5.74, 6) is -1.76. The molecule has 2 aliphatic heterocycles. The third-order valence-corrected chi connectivity index (χ3v) is 7.42. The number of carbonyl (C=O) groups is 3. The van der Waals surface area contributed by atoms with Crippen LogP contribution in [0.4, 0.5) is 4.79 Å². The molecule has 4 aliphatic rings. The molecule has 0 spiro atoms. The van der Waals surface area contributed by atoms with Crippen LogP contribution in [0.3, 0.4) is 0 Å². The van der Waals surface area contributed by atoms with Crippen LogP contribution in [-0.2, 0) is 14.3 Å². The van der Waals surface area contributed by atoms with E-state index in [2.05, 4.69) is 29.6 Å². The van der Waals surface area contributed by atoms with Gasteiger partial charge in [-0.05, 0) is 40.5 Å². The average Bonchev–Trinajstić information content (AvgIpc) is 3.46. The number of hydrogen-bond acceptors (Lipinski definition) is 4. The number of benzene rings is 2. The number of aliphatic carboxylic acids is 1. The Labute approximate surface area is 192 Å². The maximum Gasteiger partial charge on any atom is 0.407 e. The van der Waals surface area contributed by atoms with Gasteiger partial charge in [0.25, 0.3) is 0 Å². The first-order valence-corrected chi connectivity index (χ1v) is 11.5. The number of rotatable bonds is 6. The van der Waals surface area contributed by atoms with Gasteiger partial charge in [0, 0.05) is 18.5 Å². The van der Waals surface area contributed by atoms with Gasteiger partial charge in [0.1, 0.15) is 12.6 Å². The van der Waals surface area contributed by atoms with Crippen LogP contribution in [-0.4, -0.2) is 53.2 Å². The van der Waals surface area contributed by atoms with E-state index in [0.29, 0.717) is 6.54 Å². The molecule has 2 aromatic rings. The summed E-state index contributed by atoms with van der Waals surface area (Å²) in [4.78, 5) is 39.0. The van der Waals surface area contributed by atoms with Crippen LogP contribution >= 0.6 is 0 Å². The molecule has 1 saturated carbocycles. The smallest absolute Gasteiger partial charge is 0.407 e. The minimum atomic E-state index is -0.850. The number of carboxylic acids is 1. The minimum Gasteiger partial charge on any atom is -0.481 e. The number of nitrogens with one attached hydrogen (secondary N) is 1. The molecule has 7 nitrogen and oxygen atoms in total. The molecular formula is C26H28N2O5. The van der Waals surface area contributed by atoms with Crippen LogP contribution in [0, 0.1) is 17.8 Å². The van der Waals surface area contributed by atoms with Crippen LogP contribution < -0.4 is 5.32 Å². The van der Waals surface area contributed by atoms with Gasteiger partial charge in [-0.25, -0.2) is 4.79 Å². The molecule has 2 aromatic carbocycles. The van der Waals surface area contributed by atoms with Crippen molar-refractivity contribution in [1.29, 1.82) is 0 Å². The molecule has 2 aliphatic carbocycles. The Morgan fingerprint density at radius 1 is 1.06 bits per heavy atom. The molecule has 33 heavy (non-hydrogen) atoms. The molecule has 0 aromatic heterocycles. The number of carbonyl (C=O) groups excluding carboxylic acids is 2. The Morgan fingerprint density at radius 2 is 1.67 bits per heavy atom. The molecule has 4 unspecified atom stereocenters. The van der Waals surface area contributed by atoms with E-state index in [1.165, 1.54) is 0 Å². The summed E-state index contributed by atoms with van der Waals surface area (Å²) in [5, 5.41) is 12.1. The van der Waals surface area contributed by atoms with Gasteiger partial charge < -0.3 is 20.1 Å². The number of carboxylic acid groups (broad SMARTS) is 1. The van der Waals surface area contributed by atoms with Crippen molar-refractivity contribution in [3.8, 4) is 11.1 Å². The molecule has 7 heteroatoms. The van der Waals surface area contributed by atoms with Crippen molar-refractivity contribution < 1.29 is 24.2 Å². The van der Waals surface area contributed by atoms with Gasteiger partial charge in [-0.1, -0.05) is 62.4 Å².